The summed E-state index contributed by atoms with van der Waals surface area (Å²) in [6.07, 6.45) is 6.78. The van der Waals surface area contributed by atoms with Crippen LogP contribution in [-0.4, -0.2) is 30.9 Å². The molecule has 0 amide bonds. The summed E-state index contributed by atoms with van der Waals surface area (Å²) in [5.41, 5.74) is 1.41. The summed E-state index contributed by atoms with van der Waals surface area (Å²) in [5.74, 6) is 2.42. The number of methoxy groups -OCH3 is 1. The summed E-state index contributed by atoms with van der Waals surface area (Å²) in [6.45, 7) is 1.13. The average Bonchev–Trinajstić information content (AvgIpc) is 2.48. The van der Waals surface area contributed by atoms with Gasteiger partial charge in [-0.1, -0.05) is 12.1 Å². The molecule has 2 saturated carbocycles. The van der Waals surface area contributed by atoms with Crippen LogP contribution < -0.4 is 10.1 Å². The highest BCUT2D eigenvalue weighted by Crippen LogP contribution is 2.38. The quantitative estimate of drug-likeness (QED) is 0.875. The Morgan fingerprint density at radius 2 is 1.95 bits per heavy atom. The lowest BCUT2D eigenvalue weighted by molar-refractivity contribution is 0.106. The van der Waals surface area contributed by atoms with Gasteiger partial charge in [0, 0.05) is 6.04 Å². The summed E-state index contributed by atoms with van der Waals surface area (Å²) in [6, 6.07) is 9.15. The van der Waals surface area contributed by atoms with Crippen LogP contribution in [-0.2, 0) is 0 Å². The first kappa shape index (κ1) is 14.9. The molecular weight excluding hydrogens is 262 g/mol. The zero-order valence-corrected chi connectivity index (χ0v) is 12.9. The standard InChI is InChI=1S/C18H27NO2/c1-21-18-4-2-3-14(11-18)15-9-16(10-15)19-12-13-5-7-17(20)8-6-13/h2-4,11,13,15-17,19-20H,5-10,12H2,1H3. The van der Waals surface area contributed by atoms with Gasteiger partial charge in [-0.2, -0.15) is 0 Å². The summed E-state index contributed by atoms with van der Waals surface area (Å²) in [7, 11) is 1.73. The van der Waals surface area contributed by atoms with Gasteiger partial charge in [-0.05, 0) is 74.6 Å². The van der Waals surface area contributed by atoms with E-state index in [1.165, 1.54) is 31.2 Å². The molecule has 2 aliphatic carbocycles. The van der Waals surface area contributed by atoms with E-state index in [0.29, 0.717) is 12.0 Å². The third-order valence-corrected chi connectivity index (χ3v) is 5.21. The predicted octanol–water partition coefficient (Wildman–Crippen LogP) is 3.08. The Bertz CT molecular complexity index is 448. The van der Waals surface area contributed by atoms with Crippen LogP contribution >= 0.6 is 0 Å². The van der Waals surface area contributed by atoms with Crippen LogP contribution in [0.15, 0.2) is 24.3 Å². The first-order chi connectivity index (χ1) is 10.2. The molecule has 0 spiro atoms. The van der Waals surface area contributed by atoms with Crippen molar-refractivity contribution in [1.29, 1.82) is 0 Å². The molecule has 2 N–H and O–H groups in total. The Labute approximate surface area is 127 Å². The first-order valence-corrected chi connectivity index (χ1v) is 8.30. The second-order valence-electron chi connectivity index (χ2n) is 6.72. The molecule has 1 aromatic carbocycles. The molecule has 0 radical (unpaired) electrons. The van der Waals surface area contributed by atoms with E-state index in [0.717, 1.165) is 31.1 Å². The van der Waals surface area contributed by atoms with Crippen LogP contribution in [0.1, 0.15) is 50.0 Å². The molecule has 3 heteroatoms. The molecule has 0 bridgehead atoms. The zero-order valence-electron chi connectivity index (χ0n) is 12.9. The van der Waals surface area contributed by atoms with Gasteiger partial charge in [0.25, 0.3) is 0 Å². The average molecular weight is 289 g/mol. The SMILES string of the molecule is COc1cccc(C2CC(NCC3CCC(O)CC3)C2)c1. The zero-order chi connectivity index (χ0) is 14.7. The molecule has 2 fully saturated rings. The molecule has 0 atom stereocenters. The minimum Gasteiger partial charge on any atom is -0.497 e. The Hall–Kier alpha value is -1.06. The highest BCUT2D eigenvalue weighted by Gasteiger charge is 2.31. The Morgan fingerprint density at radius 3 is 2.67 bits per heavy atom. The number of hydrogen-bond acceptors (Lipinski definition) is 3. The van der Waals surface area contributed by atoms with Crippen molar-refractivity contribution in [1.82, 2.24) is 5.32 Å². The van der Waals surface area contributed by atoms with Crippen molar-refractivity contribution < 1.29 is 9.84 Å². The van der Waals surface area contributed by atoms with E-state index in [4.69, 9.17) is 4.74 Å². The molecule has 116 valence electrons. The van der Waals surface area contributed by atoms with Crippen molar-refractivity contribution >= 4 is 0 Å². The lowest BCUT2D eigenvalue weighted by Crippen LogP contribution is -2.42. The Morgan fingerprint density at radius 1 is 1.19 bits per heavy atom. The van der Waals surface area contributed by atoms with E-state index in [-0.39, 0.29) is 6.10 Å². The number of rotatable bonds is 5. The van der Waals surface area contributed by atoms with Gasteiger partial charge in [0.05, 0.1) is 13.2 Å². The minimum absolute atomic E-state index is 0.0394. The fourth-order valence-electron chi connectivity index (χ4n) is 3.63. The lowest BCUT2D eigenvalue weighted by Gasteiger charge is -2.38. The topological polar surface area (TPSA) is 41.5 Å². The van der Waals surface area contributed by atoms with Gasteiger partial charge in [0.15, 0.2) is 0 Å². The third-order valence-electron chi connectivity index (χ3n) is 5.21. The molecule has 0 saturated heterocycles. The lowest BCUT2D eigenvalue weighted by atomic mass is 9.75. The van der Waals surface area contributed by atoms with E-state index in [2.05, 4.69) is 23.5 Å². The molecule has 2 aliphatic rings. The number of benzene rings is 1. The largest absolute Gasteiger partial charge is 0.497 e. The van der Waals surface area contributed by atoms with Gasteiger partial charge in [0.1, 0.15) is 5.75 Å². The minimum atomic E-state index is -0.0394. The molecule has 21 heavy (non-hydrogen) atoms. The highest BCUT2D eigenvalue weighted by molar-refractivity contribution is 5.32. The Kier molecular flexibility index (Phi) is 4.81. The maximum absolute atomic E-state index is 9.53. The maximum atomic E-state index is 9.53. The molecule has 3 rings (SSSR count). The molecule has 1 aromatic rings. The molecular formula is C18H27NO2. The van der Waals surface area contributed by atoms with Crippen LogP contribution in [0.25, 0.3) is 0 Å². The van der Waals surface area contributed by atoms with E-state index >= 15 is 0 Å². The van der Waals surface area contributed by atoms with Crippen molar-refractivity contribution in [2.24, 2.45) is 5.92 Å². The third kappa shape index (κ3) is 3.78. The van der Waals surface area contributed by atoms with E-state index < -0.39 is 0 Å². The second kappa shape index (κ2) is 6.80. The van der Waals surface area contributed by atoms with Crippen LogP contribution in [0, 0.1) is 5.92 Å². The van der Waals surface area contributed by atoms with Crippen LogP contribution in [0.5, 0.6) is 5.75 Å². The summed E-state index contributed by atoms with van der Waals surface area (Å²) in [5, 5.41) is 13.3. The van der Waals surface area contributed by atoms with Crippen LogP contribution in [0.4, 0.5) is 0 Å². The van der Waals surface area contributed by atoms with Gasteiger partial charge in [-0.25, -0.2) is 0 Å². The van der Waals surface area contributed by atoms with Gasteiger partial charge in [-0.3, -0.25) is 0 Å². The molecule has 3 nitrogen and oxygen atoms in total. The van der Waals surface area contributed by atoms with Crippen molar-refractivity contribution in [2.45, 2.75) is 56.6 Å². The number of aliphatic hydroxyl groups excluding tert-OH is 1. The highest BCUT2D eigenvalue weighted by atomic mass is 16.5. The molecule has 0 unspecified atom stereocenters. The normalized spacial score (nSPS) is 32.5. The molecule has 0 aromatic heterocycles. The smallest absolute Gasteiger partial charge is 0.119 e. The summed E-state index contributed by atoms with van der Waals surface area (Å²) >= 11 is 0. The fraction of sp³-hybridized carbons (Fsp3) is 0.667. The van der Waals surface area contributed by atoms with Gasteiger partial charge >= 0.3 is 0 Å². The second-order valence-corrected chi connectivity index (χ2v) is 6.72. The summed E-state index contributed by atoms with van der Waals surface area (Å²) in [4.78, 5) is 0. The summed E-state index contributed by atoms with van der Waals surface area (Å²) < 4.78 is 5.30. The number of hydrogen-bond donors (Lipinski definition) is 2. The molecule has 0 aliphatic heterocycles. The number of nitrogens with one attached hydrogen (secondary N) is 1. The van der Waals surface area contributed by atoms with E-state index in [9.17, 15) is 5.11 Å². The first-order valence-electron chi connectivity index (χ1n) is 8.30. The van der Waals surface area contributed by atoms with Crippen molar-refractivity contribution in [3.8, 4) is 5.75 Å². The number of aliphatic hydroxyl groups is 1. The molecule has 0 heterocycles. The van der Waals surface area contributed by atoms with E-state index in [1.807, 2.05) is 6.07 Å². The maximum Gasteiger partial charge on any atom is 0.119 e. The van der Waals surface area contributed by atoms with Crippen molar-refractivity contribution in [3.63, 3.8) is 0 Å². The van der Waals surface area contributed by atoms with E-state index in [1.54, 1.807) is 7.11 Å². The van der Waals surface area contributed by atoms with Gasteiger partial charge < -0.3 is 15.2 Å². The van der Waals surface area contributed by atoms with Crippen molar-refractivity contribution in [3.05, 3.63) is 29.8 Å². The van der Waals surface area contributed by atoms with Gasteiger partial charge in [0.2, 0.25) is 0 Å². The van der Waals surface area contributed by atoms with Crippen LogP contribution in [0.3, 0.4) is 0 Å². The van der Waals surface area contributed by atoms with Gasteiger partial charge in [-0.15, -0.1) is 0 Å². The Balaban J connectivity index is 1.39. The van der Waals surface area contributed by atoms with Crippen molar-refractivity contribution in [2.75, 3.05) is 13.7 Å². The predicted molar refractivity (Wildman–Crippen MR) is 84.7 cm³/mol. The van der Waals surface area contributed by atoms with Crippen LogP contribution in [0.2, 0.25) is 0 Å². The number of ether oxygens (including phenoxy) is 1. The monoisotopic (exact) mass is 289 g/mol. The fourth-order valence-corrected chi connectivity index (χ4v) is 3.63.